The second kappa shape index (κ2) is 8.61. The number of aliphatic imine (C=N–C) groups is 1. The van der Waals surface area contributed by atoms with E-state index < -0.39 is 0 Å². The topological polar surface area (TPSA) is 50.4 Å². The van der Waals surface area contributed by atoms with Crippen molar-refractivity contribution in [2.24, 2.45) is 16.6 Å². The van der Waals surface area contributed by atoms with Gasteiger partial charge in [0.15, 0.2) is 5.96 Å². The predicted molar refractivity (Wildman–Crippen MR) is 81.2 cm³/mol. The van der Waals surface area contributed by atoms with E-state index in [2.05, 4.69) is 29.0 Å². The Morgan fingerprint density at radius 1 is 1.56 bits per heavy atom. The van der Waals surface area contributed by atoms with E-state index in [0.29, 0.717) is 18.4 Å². The maximum atomic E-state index is 5.72. The van der Waals surface area contributed by atoms with E-state index in [9.17, 15) is 0 Å². The van der Waals surface area contributed by atoms with Crippen LogP contribution in [0, 0.1) is 5.92 Å². The van der Waals surface area contributed by atoms with E-state index in [0.717, 1.165) is 18.5 Å². The molecular formula is C12H22IN3. The first-order valence-corrected chi connectivity index (χ1v) is 5.51. The summed E-state index contributed by atoms with van der Waals surface area (Å²) in [7, 11) is 0. The summed E-state index contributed by atoms with van der Waals surface area (Å²) >= 11 is 0. The Balaban J connectivity index is 0.00000225. The van der Waals surface area contributed by atoms with Crippen LogP contribution >= 0.6 is 24.0 Å². The van der Waals surface area contributed by atoms with E-state index in [1.807, 2.05) is 6.92 Å². The average Bonchev–Trinajstić information content (AvgIpc) is 2.25. The molecule has 1 aliphatic rings. The number of hydrogen-bond acceptors (Lipinski definition) is 1. The molecule has 16 heavy (non-hydrogen) atoms. The van der Waals surface area contributed by atoms with Gasteiger partial charge in [-0.15, -0.1) is 24.0 Å². The highest BCUT2D eigenvalue weighted by molar-refractivity contribution is 14.0. The van der Waals surface area contributed by atoms with Crippen molar-refractivity contribution in [3.8, 4) is 0 Å². The van der Waals surface area contributed by atoms with Crippen molar-refractivity contribution >= 4 is 29.9 Å². The molecule has 1 unspecified atom stereocenters. The molecule has 3 nitrogen and oxygen atoms in total. The Kier molecular flexibility index (Phi) is 8.33. The Labute approximate surface area is 115 Å². The second-order valence-corrected chi connectivity index (χ2v) is 4.19. The van der Waals surface area contributed by atoms with Crippen LogP contribution < -0.4 is 11.1 Å². The van der Waals surface area contributed by atoms with Gasteiger partial charge in [-0.3, -0.25) is 0 Å². The molecule has 3 N–H and O–H groups in total. The molecule has 0 bridgehead atoms. The van der Waals surface area contributed by atoms with Gasteiger partial charge in [0.2, 0.25) is 0 Å². The first-order valence-electron chi connectivity index (χ1n) is 5.51. The summed E-state index contributed by atoms with van der Waals surface area (Å²) < 4.78 is 0. The number of nitrogens with two attached hydrogens (primary N) is 1. The van der Waals surface area contributed by atoms with Crippen LogP contribution in [0.5, 0.6) is 0 Å². The fourth-order valence-corrected chi connectivity index (χ4v) is 1.57. The van der Waals surface area contributed by atoms with Crippen molar-refractivity contribution in [3.05, 3.63) is 24.3 Å². The molecule has 92 valence electrons. The van der Waals surface area contributed by atoms with Gasteiger partial charge in [0.25, 0.3) is 0 Å². The smallest absolute Gasteiger partial charge is 0.188 e. The third-order valence-electron chi connectivity index (χ3n) is 2.47. The predicted octanol–water partition coefficient (Wildman–Crippen LogP) is 2.44. The molecule has 0 radical (unpaired) electrons. The van der Waals surface area contributed by atoms with E-state index in [4.69, 9.17) is 5.73 Å². The van der Waals surface area contributed by atoms with Gasteiger partial charge in [-0.1, -0.05) is 24.3 Å². The zero-order valence-electron chi connectivity index (χ0n) is 9.91. The van der Waals surface area contributed by atoms with Crippen LogP contribution in [0.3, 0.4) is 0 Å². The van der Waals surface area contributed by atoms with Crippen molar-refractivity contribution < 1.29 is 0 Å². The van der Waals surface area contributed by atoms with Crippen LogP contribution in [0.1, 0.15) is 26.2 Å². The van der Waals surface area contributed by atoms with Gasteiger partial charge in [-0.2, -0.15) is 0 Å². The lowest BCUT2D eigenvalue weighted by Crippen LogP contribution is -2.35. The van der Waals surface area contributed by atoms with Crippen molar-refractivity contribution in [2.45, 2.75) is 26.2 Å². The quantitative estimate of drug-likeness (QED) is 0.359. The number of allylic oxidation sites excluding steroid dienone is 2. The lowest BCUT2D eigenvalue weighted by atomic mass is 9.94. The zero-order valence-corrected chi connectivity index (χ0v) is 12.2. The number of nitrogens with zero attached hydrogens (tertiary/aromatic N) is 1. The molecule has 0 spiro atoms. The number of nitrogens with one attached hydrogen (secondary N) is 1. The largest absolute Gasteiger partial charge is 0.370 e. The first-order chi connectivity index (χ1) is 7.18. The number of guanidine groups is 1. The van der Waals surface area contributed by atoms with E-state index in [1.54, 1.807) is 0 Å². The van der Waals surface area contributed by atoms with Crippen molar-refractivity contribution in [1.29, 1.82) is 0 Å². The Hall–Kier alpha value is -0.520. The molecule has 0 aliphatic heterocycles. The molecular weight excluding hydrogens is 313 g/mol. The maximum absolute atomic E-state index is 5.72. The van der Waals surface area contributed by atoms with Gasteiger partial charge < -0.3 is 11.1 Å². The normalized spacial score (nSPS) is 20.1. The molecule has 0 saturated heterocycles. The van der Waals surface area contributed by atoms with E-state index >= 15 is 0 Å². The van der Waals surface area contributed by atoms with Crippen molar-refractivity contribution in [3.63, 3.8) is 0 Å². The highest BCUT2D eigenvalue weighted by Crippen LogP contribution is 2.16. The highest BCUT2D eigenvalue weighted by Gasteiger charge is 2.09. The summed E-state index contributed by atoms with van der Waals surface area (Å²) in [4.78, 5) is 4.17. The molecule has 1 aliphatic carbocycles. The van der Waals surface area contributed by atoms with Gasteiger partial charge in [-0.25, -0.2) is 4.99 Å². The Morgan fingerprint density at radius 3 is 2.88 bits per heavy atom. The SMILES string of the molecule is C=C(C)CN=C(N)NCC1CC=CCC1.I. The van der Waals surface area contributed by atoms with Crippen LogP contribution in [-0.4, -0.2) is 19.0 Å². The summed E-state index contributed by atoms with van der Waals surface area (Å²) in [5.74, 6) is 1.24. The molecule has 0 amide bonds. The Bertz CT molecular complexity index is 271. The minimum absolute atomic E-state index is 0. The minimum Gasteiger partial charge on any atom is -0.370 e. The van der Waals surface area contributed by atoms with E-state index in [1.165, 1.54) is 12.8 Å². The summed E-state index contributed by atoms with van der Waals surface area (Å²) in [5.41, 5.74) is 6.75. The van der Waals surface area contributed by atoms with Gasteiger partial charge in [0, 0.05) is 6.54 Å². The van der Waals surface area contributed by atoms with Crippen molar-refractivity contribution in [2.75, 3.05) is 13.1 Å². The molecule has 0 heterocycles. The first kappa shape index (κ1) is 15.5. The molecule has 0 saturated carbocycles. The molecule has 1 atom stereocenters. The summed E-state index contributed by atoms with van der Waals surface area (Å²) in [6.45, 7) is 7.27. The second-order valence-electron chi connectivity index (χ2n) is 4.19. The molecule has 1 rings (SSSR count). The standard InChI is InChI=1S/C12H21N3.HI/c1-10(2)8-14-12(13)15-9-11-6-4-3-5-7-11;/h3-4,11H,1,5-9H2,2H3,(H3,13,14,15);1H. The van der Waals surface area contributed by atoms with Crippen LogP contribution in [-0.2, 0) is 0 Å². The monoisotopic (exact) mass is 335 g/mol. The molecule has 0 fully saturated rings. The number of halogens is 1. The number of hydrogen-bond donors (Lipinski definition) is 2. The average molecular weight is 335 g/mol. The third-order valence-corrected chi connectivity index (χ3v) is 2.47. The van der Waals surface area contributed by atoms with Gasteiger partial charge in [0.1, 0.15) is 0 Å². The molecule has 0 aromatic carbocycles. The van der Waals surface area contributed by atoms with E-state index in [-0.39, 0.29) is 24.0 Å². The van der Waals surface area contributed by atoms with Crippen molar-refractivity contribution in [1.82, 2.24) is 5.32 Å². The lowest BCUT2D eigenvalue weighted by molar-refractivity contribution is 0.471. The lowest BCUT2D eigenvalue weighted by Gasteiger charge is -2.18. The van der Waals surface area contributed by atoms with Crippen LogP contribution in [0.25, 0.3) is 0 Å². The van der Waals surface area contributed by atoms with Crippen LogP contribution in [0.15, 0.2) is 29.3 Å². The van der Waals surface area contributed by atoms with Gasteiger partial charge in [0.05, 0.1) is 6.54 Å². The summed E-state index contributed by atoms with van der Waals surface area (Å²) in [6.07, 6.45) is 8.08. The maximum Gasteiger partial charge on any atom is 0.188 e. The molecule has 4 heteroatoms. The fourth-order valence-electron chi connectivity index (χ4n) is 1.57. The zero-order chi connectivity index (χ0) is 11.1. The van der Waals surface area contributed by atoms with Gasteiger partial charge >= 0.3 is 0 Å². The van der Waals surface area contributed by atoms with Crippen LogP contribution in [0.2, 0.25) is 0 Å². The highest BCUT2D eigenvalue weighted by atomic mass is 127. The molecule has 0 aromatic heterocycles. The third kappa shape index (κ3) is 6.87. The Morgan fingerprint density at radius 2 is 2.31 bits per heavy atom. The minimum atomic E-state index is 0. The van der Waals surface area contributed by atoms with Crippen LogP contribution in [0.4, 0.5) is 0 Å². The van der Waals surface area contributed by atoms with Gasteiger partial charge in [-0.05, 0) is 32.1 Å². The summed E-state index contributed by atoms with van der Waals surface area (Å²) in [6, 6.07) is 0. The fraction of sp³-hybridized carbons (Fsp3) is 0.583. The summed E-state index contributed by atoms with van der Waals surface area (Å²) in [5, 5.41) is 3.16. The number of rotatable bonds is 4. The molecule has 0 aromatic rings.